The number of allylic oxidation sites excluding steroid dienone is 1. The van der Waals surface area contributed by atoms with Crippen molar-refractivity contribution in [3.05, 3.63) is 115 Å². The summed E-state index contributed by atoms with van der Waals surface area (Å²) in [5.41, 5.74) is 0.268. The number of alkyl halides is 2. The minimum atomic E-state index is -5.70. The number of ether oxygens (including phenoxy) is 1. The summed E-state index contributed by atoms with van der Waals surface area (Å²) < 4.78 is 59.2. The van der Waals surface area contributed by atoms with Crippen molar-refractivity contribution >= 4 is 21.0 Å². The topological polar surface area (TPSA) is 66.4 Å². The van der Waals surface area contributed by atoms with Crippen LogP contribution in [0.15, 0.2) is 130 Å². The Balaban J connectivity index is 0.000000248. The third-order valence-electron chi connectivity index (χ3n) is 4.19. The molecule has 0 fully saturated rings. The van der Waals surface area contributed by atoms with Crippen LogP contribution in [-0.2, 0) is 25.7 Å². The highest BCUT2D eigenvalue weighted by Crippen LogP contribution is 2.30. The molecule has 0 radical (unpaired) electrons. The molecule has 0 heterocycles. The molecular weight excluding hydrogens is 466 g/mol. The van der Waals surface area contributed by atoms with E-state index in [0.717, 1.165) is 0 Å². The van der Waals surface area contributed by atoms with Gasteiger partial charge >= 0.3 is 5.25 Å². The molecule has 0 unspecified atom stereocenters. The first kappa shape index (κ1) is 26.3. The Morgan fingerprint density at radius 3 is 1.45 bits per heavy atom. The number of hydrogen-bond donors (Lipinski definition) is 0. The van der Waals surface area contributed by atoms with Gasteiger partial charge in [0.2, 0.25) is 0 Å². The van der Waals surface area contributed by atoms with Gasteiger partial charge in [0.15, 0.2) is 31.4 Å². The van der Waals surface area contributed by atoms with Crippen molar-refractivity contribution in [3.63, 3.8) is 0 Å². The number of rotatable bonds is 8. The highest BCUT2D eigenvalue weighted by atomic mass is 32.2. The molecule has 0 atom stereocenters. The highest BCUT2D eigenvalue weighted by molar-refractivity contribution is 7.97. The van der Waals surface area contributed by atoms with Gasteiger partial charge in [-0.3, -0.25) is 0 Å². The third-order valence-corrected chi connectivity index (χ3v) is 7.27. The summed E-state index contributed by atoms with van der Waals surface area (Å²) in [6.07, 6.45) is 0. The van der Waals surface area contributed by atoms with Gasteiger partial charge in [-0.1, -0.05) is 67.8 Å². The molecule has 0 aliphatic heterocycles. The summed E-state index contributed by atoms with van der Waals surface area (Å²) in [5.74, 6) is -0.187. The maximum absolute atomic E-state index is 12.5. The zero-order valence-electron chi connectivity index (χ0n) is 18.0. The molecule has 3 aromatic rings. The van der Waals surface area contributed by atoms with Crippen molar-refractivity contribution in [1.29, 1.82) is 0 Å². The van der Waals surface area contributed by atoms with Crippen LogP contribution in [0.2, 0.25) is 0 Å². The Hall–Kier alpha value is -2.94. The first-order valence-electron chi connectivity index (χ1n) is 9.73. The predicted octanol–water partition coefficient (Wildman–Crippen LogP) is 6.01. The van der Waals surface area contributed by atoms with Crippen LogP contribution in [-0.4, -0.2) is 24.8 Å². The summed E-state index contributed by atoms with van der Waals surface area (Å²) in [5, 5.41) is -4.45. The van der Waals surface area contributed by atoms with Gasteiger partial charge in [0.05, 0.1) is 10.9 Å². The molecule has 0 aliphatic carbocycles. The van der Waals surface area contributed by atoms with Gasteiger partial charge in [-0.2, -0.15) is 8.78 Å². The quantitative estimate of drug-likeness (QED) is 0.168. The standard InChI is InChI=1S/C18H15S.C7H10F2O4S/c1-4-10-16(11-5-1)19(17-12-6-2-7-13-17)18-14-8-3-9-15-18;1-5(2)6(3)13-4-7(8,9)14(10,11)12/h1-15H;1,3-4H2,2H3,(H,10,11,12)/q+1;/p-1. The fourth-order valence-corrected chi connectivity index (χ4v) is 4.75. The van der Waals surface area contributed by atoms with Gasteiger partial charge in [0, 0.05) is 0 Å². The van der Waals surface area contributed by atoms with Gasteiger partial charge in [0.1, 0.15) is 5.76 Å². The van der Waals surface area contributed by atoms with Crippen LogP contribution in [0.25, 0.3) is 0 Å². The number of benzene rings is 3. The summed E-state index contributed by atoms with van der Waals surface area (Å²) >= 11 is 0. The number of halogens is 2. The maximum atomic E-state index is 12.5. The van der Waals surface area contributed by atoms with Crippen molar-refractivity contribution in [2.75, 3.05) is 6.61 Å². The van der Waals surface area contributed by atoms with Crippen molar-refractivity contribution < 1.29 is 26.5 Å². The zero-order chi connectivity index (χ0) is 24.5. The Labute approximate surface area is 196 Å². The molecule has 0 saturated carbocycles. The van der Waals surface area contributed by atoms with Crippen LogP contribution in [0, 0.1) is 0 Å². The van der Waals surface area contributed by atoms with E-state index in [2.05, 4.69) is 109 Å². The van der Waals surface area contributed by atoms with Crippen LogP contribution < -0.4 is 0 Å². The van der Waals surface area contributed by atoms with E-state index < -0.39 is 22.0 Å². The summed E-state index contributed by atoms with van der Waals surface area (Å²) in [6.45, 7) is 6.39. The van der Waals surface area contributed by atoms with Gasteiger partial charge < -0.3 is 9.29 Å². The molecule has 0 N–H and O–H groups in total. The van der Waals surface area contributed by atoms with Crippen molar-refractivity contribution in [2.24, 2.45) is 0 Å². The van der Waals surface area contributed by atoms with E-state index in [9.17, 15) is 21.8 Å². The fourth-order valence-electron chi connectivity index (χ4n) is 2.44. The van der Waals surface area contributed by atoms with E-state index in [1.807, 2.05) is 0 Å². The fraction of sp³-hybridized carbons (Fsp3) is 0.120. The molecule has 0 aromatic heterocycles. The van der Waals surface area contributed by atoms with Gasteiger partial charge in [-0.05, 0) is 48.9 Å². The van der Waals surface area contributed by atoms with Crippen molar-refractivity contribution in [2.45, 2.75) is 26.9 Å². The van der Waals surface area contributed by atoms with E-state index in [4.69, 9.17) is 0 Å². The lowest BCUT2D eigenvalue weighted by molar-refractivity contribution is 0.00491. The second kappa shape index (κ2) is 11.8. The minimum absolute atomic E-state index is 0.0146. The second-order valence-electron chi connectivity index (χ2n) is 6.83. The van der Waals surface area contributed by atoms with E-state index >= 15 is 0 Å². The molecule has 8 heteroatoms. The predicted molar refractivity (Wildman–Crippen MR) is 126 cm³/mol. The minimum Gasteiger partial charge on any atom is -0.743 e. The van der Waals surface area contributed by atoms with Crippen molar-refractivity contribution in [1.82, 2.24) is 0 Å². The van der Waals surface area contributed by atoms with Crippen LogP contribution in [0.3, 0.4) is 0 Å². The van der Waals surface area contributed by atoms with E-state index in [1.165, 1.54) is 21.6 Å². The molecule has 0 saturated heterocycles. The Morgan fingerprint density at radius 2 is 1.18 bits per heavy atom. The molecule has 3 rings (SSSR count). The lowest BCUT2D eigenvalue weighted by Gasteiger charge is -2.20. The zero-order valence-corrected chi connectivity index (χ0v) is 19.6. The molecule has 0 spiro atoms. The monoisotopic (exact) mass is 490 g/mol. The highest BCUT2D eigenvalue weighted by Gasteiger charge is 2.38. The molecule has 0 amide bonds. The van der Waals surface area contributed by atoms with Crippen LogP contribution >= 0.6 is 0 Å². The average molecular weight is 491 g/mol. The Morgan fingerprint density at radius 1 is 0.848 bits per heavy atom. The lowest BCUT2D eigenvalue weighted by Crippen LogP contribution is -2.33. The molecule has 0 bridgehead atoms. The second-order valence-corrected chi connectivity index (χ2v) is 10.4. The first-order valence-corrected chi connectivity index (χ1v) is 12.4. The number of hydrogen-bond acceptors (Lipinski definition) is 4. The van der Waals surface area contributed by atoms with E-state index in [1.54, 1.807) is 0 Å². The normalized spacial score (nSPS) is 11.3. The van der Waals surface area contributed by atoms with Gasteiger partial charge in [-0.25, -0.2) is 8.42 Å². The Kier molecular flexibility index (Phi) is 9.40. The maximum Gasteiger partial charge on any atom is 0.367 e. The molecule has 3 aromatic carbocycles. The van der Waals surface area contributed by atoms with Gasteiger partial charge in [-0.15, -0.1) is 0 Å². The summed E-state index contributed by atoms with van der Waals surface area (Å²) in [4.78, 5) is 4.08. The van der Waals surface area contributed by atoms with E-state index in [0.29, 0.717) is 0 Å². The first-order chi connectivity index (χ1) is 15.5. The molecular formula is C25H24F2O4S2. The molecule has 174 valence electrons. The largest absolute Gasteiger partial charge is 0.743 e. The Bertz CT molecular complexity index is 1060. The average Bonchev–Trinajstić information content (AvgIpc) is 2.79. The lowest BCUT2D eigenvalue weighted by atomic mass is 10.3. The smallest absolute Gasteiger partial charge is 0.367 e. The van der Waals surface area contributed by atoms with Crippen LogP contribution in [0.5, 0.6) is 0 Å². The molecule has 33 heavy (non-hydrogen) atoms. The SMILES string of the molecule is C=C(C)C(=C)OCC(F)(F)S(=O)(=O)[O-].c1ccc([S+](c2ccccc2)c2ccccc2)cc1. The van der Waals surface area contributed by atoms with Crippen LogP contribution in [0.1, 0.15) is 6.92 Å². The molecule has 4 nitrogen and oxygen atoms in total. The molecule has 0 aliphatic rings. The van der Waals surface area contributed by atoms with Crippen molar-refractivity contribution in [3.8, 4) is 0 Å². The third kappa shape index (κ3) is 7.85. The summed E-state index contributed by atoms with van der Waals surface area (Å²) in [7, 11) is -5.72. The van der Waals surface area contributed by atoms with Crippen LogP contribution in [0.4, 0.5) is 8.78 Å². The van der Waals surface area contributed by atoms with E-state index in [-0.39, 0.29) is 22.2 Å². The van der Waals surface area contributed by atoms with Gasteiger partial charge in [0.25, 0.3) is 0 Å². The summed E-state index contributed by atoms with van der Waals surface area (Å²) in [6, 6.07) is 32.2.